The van der Waals surface area contributed by atoms with E-state index in [1.807, 2.05) is 20.8 Å². The lowest BCUT2D eigenvalue weighted by atomic mass is 10.1. The van der Waals surface area contributed by atoms with Crippen LogP contribution >= 0.6 is 0 Å². The maximum atomic E-state index is 5.68. The summed E-state index contributed by atoms with van der Waals surface area (Å²) in [7, 11) is 1.64. The normalized spacial score (nSPS) is 34.8. The maximum absolute atomic E-state index is 5.68. The topological polar surface area (TPSA) is 53.7 Å². The minimum Gasteiger partial charge on any atom is -0.377 e. The van der Waals surface area contributed by atoms with Gasteiger partial charge in [0.15, 0.2) is 5.79 Å². The predicted molar refractivity (Wildman–Crippen MR) is 49.4 cm³/mol. The minimum absolute atomic E-state index is 0.0310. The van der Waals surface area contributed by atoms with Crippen molar-refractivity contribution in [3.8, 4) is 0 Å². The molecule has 1 aliphatic rings. The summed E-state index contributed by atoms with van der Waals surface area (Å²) < 4.78 is 16.5. The van der Waals surface area contributed by atoms with E-state index >= 15 is 0 Å². The zero-order chi connectivity index (χ0) is 10.1. The molecule has 1 saturated heterocycles. The lowest BCUT2D eigenvalue weighted by Gasteiger charge is -2.22. The van der Waals surface area contributed by atoms with Gasteiger partial charge in [-0.2, -0.15) is 0 Å². The van der Waals surface area contributed by atoms with Gasteiger partial charge in [0, 0.05) is 13.7 Å². The molecule has 1 fully saturated rings. The first kappa shape index (κ1) is 10.9. The van der Waals surface area contributed by atoms with E-state index in [-0.39, 0.29) is 18.3 Å². The number of hydrogen-bond donors (Lipinski definition) is 1. The third-order valence-corrected chi connectivity index (χ3v) is 2.25. The summed E-state index contributed by atoms with van der Waals surface area (Å²) in [5, 5.41) is 0. The lowest BCUT2D eigenvalue weighted by molar-refractivity contribution is -0.155. The van der Waals surface area contributed by atoms with Crippen molar-refractivity contribution in [2.75, 3.05) is 13.7 Å². The fourth-order valence-electron chi connectivity index (χ4n) is 1.71. The molecule has 4 heteroatoms. The highest BCUT2D eigenvalue weighted by molar-refractivity contribution is 4.85. The second kappa shape index (κ2) is 3.92. The van der Waals surface area contributed by atoms with Crippen molar-refractivity contribution in [1.82, 2.24) is 0 Å². The quantitative estimate of drug-likeness (QED) is 0.702. The maximum Gasteiger partial charge on any atom is 0.163 e. The number of rotatable bonds is 3. The Morgan fingerprint density at radius 3 is 2.38 bits per heavy atom. The fourth-order valence-corrected chi connectivity index (χ4v) is 1.71. The summed E-state index contributed by atoms with van der Waals surface area (Å²) in [5.74, 6) is -0.518. The van der Waals surface area contributed by atoms with E-state index in [1.54, 1.807) is 7.11 Å². The number of methoxy groups -OCH3 is 1. The zero-order valence-corrected chi connectivity index (χ0v) is 8.74. The van der Waals surface area contributed by atoms with Crippen molar-refractivity contribution < 1.29 is 14.2 Å². The molecule has 0 radical (unpaired) electrons. The molecule has 1 aliphatic heterocycles. The van der Waals surface area contributed by atoms with Crippen molar-refractivity contribution in [2.45, 2.75) is 44.9 Å². The summed E-state index contributed by atoms with van der Waals surface area (Å²) in [6, 6.07) is 0. The standard InChI is InChI=1S/C9H19NO3/c1-6-8(7(5-10)11-4)13-9(2,3)12-6/h6-8H,5,10H2,1-4H3. The second-order valence-corrected chi connectivity index (χ2v) is 3.82. The highest BCUT2D eigenvalue weighted by Crippen LogP contribution is 2.30. The number of nitrogens with two attached hydrogens (primary N) is 1. The van der Waals surface area contributed by atoms with E-state index in [0.717, 1.165) is 0 Å². The van der Waals surface area contributed by atoms with Gasteiger partial charge in [-0.1, -0.05) is 0 Å². The monoisotopic (exact) mass is 189 g/mol. The first-order valence-electron chi connectivity index (χ1n) is 4.58. The average Bonchev–Trinajstić information content (AvgIpc) is 2.28. The van der Waals surface area contributed by atoms with Gasteiger partial charge in [0.05, 0.1) is 12.2 Å². The van der Waals surface area contributed by atoms with Crippen LogP contribution in [0, 0.1) is 0 Å². The van der Waals surface area contributed by atoms with Gasteiger partial charge in [0.1, 0.15) is 6.10 Å². The molecule has 0 aromatic heterocycles. The van der Waals surface area contributed by atoms with Crippen LogP contribution in [-0.4, -0.2) is 37.8 Å². The molecule has 1 heterocycles. The molecular weight excluding hydrogens is 170 g/mol. The van der Waals surface area contributed by atoms with Crippen molar-refractivity contribution in [3.63, 3.8) is 0 Å². The van der Waals surface area contributed by atoms with Gasteiger partial charge in [-0.05, 0) is 20.8 Å². The van der Waals surface area contributed by atoms with Crippen LogP contribution in [0.1, 0.15) is 20.8 Å². The highest BCUT2D eigenvalue weighted by Gasteiger charge is 2.42. The van der Waals surface area contributed by atoms with Gasteiger partial charge in [0.25, 0.3) is 0 Å². The van der Waals surface area contributed by atoms with Crippen LogP contribution in [0.3, 0.4) is 0 Å². The minimum atomic E-state index is -0.518. The highest BCUT2D eigenvalue weighted by atomic mass is 16.8. The van der Waals surface area contributed by atoms with E-state index in [0.29, 0.717) is 6.54 Å². The predicted octanol–water partition coefficient (Wildman–Crippen LogP) is 0.500. The Labute approximate surface area is 79.3 Å². The third kappa shape index (κ3) is 2.40. The third-order valence-electron chi connectivity index (χ3n) is 2.25. The summed E-state index contributed by atoms with van der Waals surface area (Å²) in [6.07, 6.45) is -0.120. The summed E-state index contributed by atoms with van der Waals surface area (Å²) in [5.41, 5.74) is 5.55. The zero-order valence-electron chi connectivity index (χ0n) is 8.74. The van der Waals surface area contributed by atoms with Crippen LogP contribution in [-0.2, 0) is 14.2 Å². The van der Waals surface area contributed by atoms with E-state index in [2.05, 4.69) is 0 Å². The Hall–Kier alpha value is -0.160. The molecule has 0 bridgehead atoms. The smallest absolute Gasteiger partial charge is 0.163 e. The molecule has 0 aliphatic carbocycles. The summed E-state index contributed by atoms with van der Waals surface area (Å²) in [4.78, 5) is 0. The molecule has 3 unspecified atom stereocenters. The van der Waals surface area contributed by atoms with Gasteiger partial charge in [-0.3, -0.25) is 0 Å². The van der Waals surface area contributed by atoms with Crippen LogP contribution in [0.2, 0.25) is 0 Å². The number of hydrogen-bond acceptors (Lipinski definition) is 4. The Morgan fingerprint density at radius 2 is 2.08 bits per heavy atom. The van der Waals surface area contributed by atoms with Gasteiger partial charge < -0.3 is 19.9 Å². The van der Waals surface area contributed by atoms with Gasteiger partial charge in [0.2, 0.25) is 0 Å². The van der Waals surface area contributed by atoms with Crippen LogP contribution in [0.4, 0.5) is 0 Å². The first-order valence-corrected chi connectivity index (χ1v) is 4.58. The Balaban J connectivity index is 2.61. The molecule has 78 valence electrons. The SMILES string of the molecule is COC(CN)C1OC(C)(C)OC1C. The molecule has 0 spiro atoms. The Kier molecular flexibility index (Phi) is 3.29. The Bertz CT molecular complexity index is 168. The van der Waals surface area contributed by atoms with Crippen molar-refractivity contribution in [3.05, 3.63) is 0 Å². The molecule has 0 amide bonds. The summed E-state index contributed by atoms with van der Waals surface area (Å²) in [6.45, 7) is 6.21. The van der Waals surface area contributed by atoms with Crippen molar-refractivity contribution >= 4 is 0 Å². The van der Waals surface area contributed by atoms with Crippen LogP contribution < -0.4 is 5.73 Å². The van der Waals surface area contributed by atoms with Gasteiger partial charge >= 0.3 is 0 Å². The fraction of sp³-hybridized carbons (Fsp3) is 1.00. The van der Waals surface area contributed by atoms with Gasteiger partial charge in [-0.15, -0.1) is 0 Å². The van der Waals surface area contributed by atoms with Crippen molar-refractivity contribution in [2.24, 2.45) is 5.73 Å². The molecule has 2 N–H and O–H groups in total. The largest absolute Gasteiger partial charge is 0.377 e. The van der Waals surface area contributed by atoms with E-state index in [1.165, 1.54) is 0 Å². The molecule has 0 aromatic carbocycles. The lowest BCUT2D eigenvalue weighted by Crippen LogP contribution is -2.40. The molecular formula is C9H19NO3. The van der Waals surface area contributed by atoms with Crippen LogP contribution in [0.15, 0.2) is 0 Å². The average molecular weight is 189 g/mol. The van der Waals surface area contributed by atoms with Crippen LogP contribution in [0.25, 0.3) is 0 Å². The van der Waals surface area contributed by atoms with E-state index in [9.17, 15) is 0 Å². The first-order chi connectivity index (χ1) is 6.00. The molecule has 0 saturated carbocycles. The summed E-state index contributed by atoms with van der Waals surface area (Å²) >= 11 is 0. The molecule has 0 aromatic rings. The van der Waals surface area contributed by atoms with E-state index < -0.39 is 5.79 Å². The van der Waals surface area contributed by atoms with Gasteiger partial charge in [-0.25, -0.2) is 0 Å². The second-order valence-electron chi connectivity index (χ2n) is 3.82. The van der Waals surface area contributed by atoms with E-state index in [4.69, 9.17) is 19.9 Å². The molecule has 13 heavy (non-hydrogen) atoms. The molecule has 4 nitrogen and oxygen atoms in total. The molecule has 3 atom stereocenters. The molecule has 1 rings (SSSR count). The van der Waals surface area contributed by atoms with Crippen molar-refractivity contribution in [1.29, 1.82) is 0 Å². The van der Waals surface area contributed by atoms with Crippen LogP contribution in [0.5, 0.6) is 0 Å². The number of ether oxygens (including phenoxy) is 3. The Morgan fingerprint density at radius 1 is 1.46 bits per heavy atom.